The fraction of sp³-hybridized carbons (Fsp3) is 0.286. The molecule has 0 saturated heterocycles. The van der Waals surface area contributed by atoms with Crippen LogP contribution in [-0.2, 0) is 0 Å². The molecule has 106 valence electrons. The lowest BCUT2D eigenvalue weighted by Crippen LogP contribution is -2.36. The molecule has 0 spiro atoms. The maximum atomic E-state index is 12.5. The number of benzene rings is 1. The lowest BCUT2D eigenvalue weighted by Gasteiger charge is -2.21. The van der Waals surface area contributed by atoms with Gasteiger partial charge < -0.3 is 4.90 Å². The van der Waals surface area contributed by atoms with Crippen LogP contribution in [0.5, 0.6) is 0 Å². The summed E-state index contributed by atoms with van der Waals surface area (Å²) >= 11 is 5.58. The number of rotatable bonds is 5. The molecule has 0 N–H and O–H groups in total. The molecule has 0 atom stereocenters. The Morgan fingerprint density at radius 3 is 2.75 bits per heavy atom. The Bertz CT molecular complexity index is 601. The van der Waals surface area contributed by atoms with Gasteiger partial charge in [-0.2, -0.15) is 0 Å². The second kappa shape index (κ2) is 6.61. The van der Waals surface area contributed by atoms with Gasteiger partial charge in [0.05, 0.1) is 17.6 Å². The predicted molar refractivity (Wildman–Crippen MR) is 74.4 cm³/mol. The molecule has 0 aliphatic rings. The molecule has 0 saturated carbocycles. The number of para-hydroxylation sites is 1. The van der Waals surface area contributed by atoms with Gasteiger partial charge in [0.2, 0.25) is 0 Å². The summed E-state index contributed by atoms with van der Waals surface area (Å²) in [5.41, 5.74) is 1.02. The van der Waals surface area contributed by atoms with E-state index in [0.717, 1.165) is 4.90 Å². The second-order valence-electron chi connectivity index (χ2n) is 4.21. The third kappa shape index (κ3) is 3.22. The van der Waals surface area contributed by atoms with Gasteiger partial charge in [-0.1, -0.05) is 18.2 Å². The SMILES string of the molecule is O=C(c1ccnc2ccccc12)N(CCCl)CC(F)F. The van der Waals surface area contributed by atoms with Crippen LogP contribution < -0.4 is 0 Å². The van der Waals surface area contributed by atoms with E-state index in [4.69, 9.17) is 11.6 Å². The summed E-state index contributed by atoms with van der Waals surface area (Å²) in [7, 11) is 0. The van der Waals surface area contributed by atoms with Gasteiger partial charge in [-0.3, -0.25) is 9.78 Å². The zero-order valence-corrected chi connectivity index (χ0v) is 11.4. The minimum Gasteiger partial charge on any atom is -0.332 e. The highest BCUT2D eigenvalue weighted by molar-refractivity contribution is 6.18. The summed E-state index contributed by atoms with van der Waals surface area (Å²) in [6, 6.07) is 8.64. The van der Waals surface area contributed by atoms with Gasteiger partial charge >= 0.3 is 0 Å². The second-order valence-corrected chi connectivity index (χ2v) is 4.58. The van der Waals surface area contributed by atoms with E-state index in [1.54, 1.807) is 24.3 Å². The number of hydrogen-bond donors (Lipinski definition) is 0. The van der Waals surface area contributed by atoms with Crippen LogP contribution in [0, 0.1) is 0 Å². The van der Waals surface area contributed by atoms with Crippen LogP contribution in [0.2, 0.25) is 0 Å². The van der Waals surface area contributed by atoms with Crippen LogP contribution in [-0.4, -0.2) is 41.2 Å². The number of amides is 1. The molecule has 1 aromatic carbocycles. The first kappa shape index (κ1) is 14.7. The molecule has 0 aliphatic carbocycles. The Kier molecular flexibility index (Phi) is 4.84. The van der Waals surface area contributed by atoms with Gasteiger partial charge in [0.1, 0.15) is 0 Å². The average molecular weight is 299 g/mol. The first-order valence-electron chi connectivity index (χ1n) is 6.10. The fourth-order valence-electron chi connectivity index (χ4n) is 2.00. The Hall–Kier alpha value is -1.75. The molecule has 0 fully saturated rings. The van der Waals surface area contributed by atoms with Crippen LogP contribution in [0.1, 0.15) is 10.4 Å². The monoisotopic (exact) mass is 298 g/mol. The van der Waals surface area contributed by atoms with Crippen molar-refractivity contribution in [3.05, 3.63) is 42.1 Å². The van der Waals surface area contributed by atoms with Crippen molar-refractivity contribution in [2.45, 2.75) is 6.43 Å². The van der Waals surface area contributed by atoms with Crippen molar-refractivity contribution < 1.29 is 13.6 Å². The molecule has 0 aliphatic heterocycles. The molecule has 1 heterocycles. The van der Waals surface area contributed by atoms with E-state index in [0.29, 0.717) is 16.5 Å². The number of hydrogen-bond acceptors (Lipinski definition) is 2. The molecule has 2 aromatic rings. The summed E-state index contributed by atoms with van der Waals surface area (Å²) < 4.78 is 25.1. The molecule has 20 heavy (non-hydrogen) atoms. The number of carbonyl (C=O) groups is 1. The van der Waals surface area contributed by atoms with Gasteiger partial charge in [0.25, 0.3) is 12.3 Å². The van der Waals surface area contributed by atoms with E-state index >= 15 is 0 Å². The molecule has 3 nitrogen and oxygen atoms in total. The highest BCUT2D eigenvalue weighted by Crippen LogP contribution is 2.18. The van der Waals surface area contributed by atoms with Crippen LogP contribution in [0.15, 0.2) is 36.5 Å². The first-order valence-corrected chi connectivity index (χ1v) is 6.64. The summed E-state index contributed by atoms with van der Waals surface area (Å²) in [4.78, 5) is 17.6. The maximum absolute atomic E-state index is 12.5. The summed E-state index contributed by atoms with van der Waals surface area (Å²) in [6.07, 6.45) is -1.09. The molecule has 0 bridgehead atoms. The molecule has 0 radical (unpaired) electrons. The number of fused-ring (bicyclic) bond motifs is 1. The summed E-state index contributed by atoms with van der Waals surface area (Å²) in [5.74, 6) is -0.342. The molecule has 1 aromatic heterocycles. The van der Waals surface area contributed by atoms with Crippen molar-refractivity contribution in [2.75, 3.05) is 19.0 Å². The first-order chi connectivity index (χ1) is 9.63. The van der Waals surface area contributed by atoms with E-state index in [1.165, 1.54) is 12.3 Å². The van der Waals surface area contributed by atoms with E-state index < -0.39 is 18.9 Å². The van der Waals surface area contributed by atoms with E-state index in [-0.39, 0.29) is 12.4 Å². The lowest BCUT2D eigenvalue weighted by atomic mass is 10.1. The number of nitrogens with zero attached hydrogens (tertiary/aromatic N) is 2. The van der Waals surface area contributed by atoms with Crippen LogP contribution in [0.4, 0.5) is 8.78 Å². The average Bonchev–Trinajstić information content (AvgIpc) is 2.45. The maximum Gasteiger partial charge on any atom is 0.255 e. The molecule has 0 unspecified atom stereocenters. The molecule has 1 amide bonds. The minimum atomic E-state index is -2.59. The number of halogens is 3. The molecular weight excluding hydrogens is 286 g/mol. The van der Waals surface area contributed by atoms with Crippen molar-refractivity contribution in [2.24, 2.45) is 0 Å². The van der Waals surface area contributed by atoms with Gasteiger partial charge in [-0.25, -0.2) is 8.78 Å². The van der Waals surface area contributed by atoms with E-state index in [2.05, 4.69) is 4.98 Å². The van der Waals surface area contributed by atoms with Crippen LogP contribution in [0.25, 0.3) is 10.9 Å². The number of alkyl halides is 3. The third-order valence-corrected chi connectivity index (χ3v) is 3.05. The van der Waals surface area contributed by atoms with Gasteiger partial charge in [-0.05, 0) is 12.1 Å². The van der Waals surface area contributed by atoms with Crippen molar-refractivity contribution in [3.8, 4) is 0 Å². The predicted octanol–water partition coefficient (Wildman–Crippen LogP) is 3.18. The van der Waals surface area contributed by atoms with Gasteiger partial charge in [0, 0.05) is 24.0 Å². The standard InChI is InChI=1S/C14H13ClF2N2O/c15-6-8-19(9-13(16)17)14(20)11-5-7-18-12-4-2-1-3-10(11)12/h1-5,7,13H,6,8-9H2. The third-order valence-electron chi connectivity index (χ3n) is 2.88. The largest absolute Gasteiger partial charge is 0.332 e. The summed E-state index contributed by atoms with van der Waals surface area (Å²) in [6.45, 7) is -0.538. The van der Waals surface area contributed by atoms with Gasteiger partial charge in [0.15, 0.2) is 0 Å². The number of pyridine rings is 1. The normalized spacial score (nSPS) is 11.0. The Labute approximate surface area is 120 Å². The topological polar surface area (TPSA) is 33.2 Å². The van der Waals surface area contributed by atoms with E-state index in [9.17, 15) is 13.6 Å². The fourth-order valence-corrected chi connectivity index (χ4v) is 2.20. The number of aromatic nitrogens is 1. The number of carbonyl (C=O) groups excluding carboxylic acids is 1. The minimum absolute atomic E-state index is 0.0847. The van der Waals surface area contributed by atoms with Crippen molar-refractivity contribution in [1.29, 1.82) is 0 Å². The van der Waals surface area contributed by atoms with Crippen molar-refractivity contribution in [1.82, 2.24) is 9.88 Å². The van der Waals surface area contributed by atoms with E-state index in [1.807, 2.05) is 0 Å². The van der Waals surface area contributed by atoms with Crippen LogP contribution in [0.3, 0.4) is 0 Å². The molecule has 2 rings (SSSR count). The smallest absolute Gasteiger partial charge is 0.255 e. The Morgan fingerprint density at radius 1 is 1.30 bits per heavy atom. The van der Waals surface area contributed by atoms with Crippen molar-refractivity contribution >= 4 is 28.4 Å². The van der Waals surface area contributed by atoms with Crippen molar-refractivity contribution in [3.63, 3.8) is 0 Å². The van der Waals surface area contributed by atoms with Crippen LogP contribution >= 0.6 is 11.6 Å². The highest BCUT2D eigenvalue weighted by Gasteiger charge is 2.20. The Morgan fingerprint density at radius 2 is 2.05 bits per heavy atom. The highest BCUT2D eigenvalue weighted by atomic mass is 35.5. The molecular formula is C14H13ClF2N2O. The lowest BCUT2D eigenvalue weighted by molar-refractivity contribution is 0.0572. The molecule has 6 heteroatoms. The zero-order chi connectivity index (χ0) is 14.5. The summed E-state index contributed by atoms with van der Waals surface area (Å²) in [5, 5.41) is 0.647. The zero-order valence-electron chi connectivity index (χ0n) is 10.6. The van der Waals surface area contributed by atoms with Gasteiger partial charge in [-0.15, -0.1) is 11.6 Å². The Balaban J connectivity index is 2.38. The quantitative estimate of drug-likeness (QED) is 0.794.